The zero-order chi connectivity index (χ0) is 28.7. The molecule has 208 valence electrons. The Kier molecular flexibility index (Phi) is 8.10. The fraction of sp³-hybridized carbons (Fsp3) is 0.188. The topological polar surface area (TPSA) is 62.0 Å². The van der Waals surface area contributed by atoms with Crippen LogP contribution < -0.4 is 29.1 Å². The predicted molar refractivity (Wildman–Crippen MR) is 180 cm³/mol. The minimum Gasteiger partial charge on any atom is -0.493 e. The lowest BCUT2D eigenvalue weighted by atomic mass is 9.83. The zero-order valence-electron chi connectivity index (χ0n) is 22.4. The lowest BCUT2D eigenvalue weighted by Gasteiger charge is -2.31. The number of thiazole rings is 1. The van der Waals surface area contributed by atoms with Crippen molar-refractivity contribution in [2.75, 3.05) is 20.8 Å². The molecule has 6 nitrogen and oxygen atoms in total. The van der Waals surface area contributed by atoms with E-state index in [-0.39, 0.29) is 11.6 Å². The summed E-state index contributed by atoms with van der Waals surface area (Å²) >= 11 is 5.97. The molecule has 1 aliphatic heterocycles. The SMILES string of the molecule is C=CCOc1c(I)cc(/C=c2\sc3n(c2=O)C(c2ccc(OC)c(OC)c2)C2=C(N=3)c3ccccc3CC2)cc1I. The number of rotatable bonds is 7. The van der Waals surface area contributed by atoms with Crippen molar-refractivity contribution in [1.29, 1.82) is 0 Å². The molecule has 0 spiro atoms. The highest BCUT2D eigenvalue weighted by Crippen LogP contribution is 2.42. The number of benzene rings is 3. The van der Waals surface area contributed by atoms with Gasteiger partial charge in [-0.2, -0.15) is 0 Å². The van der Waals surface area contributed by atoms with E-state index in [0.29, 0.717) is 27.4 Å². The summed E-state index contributed by atoms with van der Waals surface area (Å²) in [7, 11) is 3.25. The largest absolute Gasteiger partial charge is 0.493 e. The third-order valence-corrected chi connectivity index (χ3v) is 9.85. The Morgan fingerprint density at radius 2 is 1.80 bits per heavy atom. The van der Waals surface area contributed by atoms with Crippen molar-refractivity contribution in [1.82, 2.24) is 4.57 Å². The first kappa shape index (κ1) is 28.2. The van der Waals surface area contributed by atoms with Gasteiger partial charge in [-0.15, -0.1) is 0 Å². The number of hydrogen-bond donors (Lipinski definition) is 0. The van der Waals surface area contributed by atoms with E-state index >= 15 is 0 Å². The highest BCUT2D eigenvalue weighted by molar-refractivity contribution is 14.1. The van der Waals surface area contributed by atoms with Crippen molar-refractivity contribution in [3.8, 4) is 17.2 Å². The molecule has 3 aromatic carbocycles. The molecular weight excluding hydrogens is 762 g/mol. The normalized spacial score (nSPS) is 15.9. The maximum absolute atomic E-state index is 14.1. The molecule has 1 atom stereocenters. The van der Waals surface area contributed by atoms with Crippen LogP contribution in [0.25, 0.3) is 11.8 Å². The fourth-order valence-corrected chi connectivity index (χ4v) is 8.57. The van der Waals surface area contributed by atoms with E-state index < -0.39 is 0 Å². The summed E-state index contributed by atoms with van der Waals surface area (Å²) in [6.07, 6.45) is 5.40. The van der Waals surface area contributed by atoms with Gasteiger partial charge in [0, 0.05) is 5.56 Å². The molecule has 1 aromatic heterocycles. The van der Waals surface area contributed by atoms with Gasteiger partial charge in [-0.3, -0.25) is 9.36 Å². The number of methoxy groups -OCH3 is 2. The fourth-order valence-electron chi connectivity index (χ4n) is 5.44. The second-order valence-corrected chi connectivity index (χ2v) is 13.0. The van der Waals surface area contributed by atoms with Crippen LogP contribution in [-0.2, 0) is 6.42 Å². The summed E-state index contributed by atoms with van der Waals surface area (Å²) in [4.78, 5) is 19.9. The number of ether oxygens (including phenoxy) is 3. The first-order valence-electron chi connectivity index (χ1n) is 13.0. The van der Waals surface area contributed by atoms with E-state index in [4.69, 9.17) is 19.2 Å². The van der Waals surface area contributed by atoms with Gasteiger partial charge in [-0.05, 0) is 111 Å². The molecule has 6 rings (SSSR count). The van der Waals surface area contributed by atoms with Crippen LogP contribution in [0.5, 0.6) is 17.2 Å². The van der Waals surface area contributed by atoms with Crippen LogP contribution in [0, 0.1) is 7.14 Å². The number of hydrogen-bond acceptors (Lipinski definition) is 6. The molecule has 0 N–H and O–H groups in total. The zero-order valence-corrected chi connectivity index (χ0v) is 27.6. The quantitative estimate of drug-likeness (QED) is 0.168. The summed E-state index contributed by atoms with van der Waals surface area (Å²) in [6, 6.07) is 18.1. The van der Waals surface area contributed by atoms with E-state index in [0.717, 1.165) is 53.7 Å². The summed E-state index contributed by atoms with van der Waals surface area (Å²) in [5.41, 5.74) is 6.36. The van der Waals surface area contributed by atoms with Gasteiger partial charge in [0.25, 0.3) is 5.56 Å². The van der Waals surface area contributed by atoms with Gasteiger partial charge < -0.3 is 14.2 Å². The Bertz CT molecular complexity index is 1880. The predicted octanol–water partition coefficient (Wildman–Crippen LogP) is 6.11. The van der Waals surface area contributed by atoms with Crippen molar-refractivity contribution in [3.05, 3.63) is 122 Å². The standard InChI is InChI=1S/C32H26I2N2O4S/c1-4-13-40-30-23(33)14-18(15-24(30)34)16-27-31(37)36-29(20-10-12-25(38-2)26(17-20)39-3)22-11-9-19-7-5-6-8-21(19)28(22)35-32(36)41-27/h4-8,10,12,14-17,29H,1,9,11,13H2,2-3H3/b27-16-. The van der Waals surface area contributed by atoms with Crippen molar-refractivity contribution in [3.63, 3.8) is 0 Å². The van der Waals surface area contributed by atoms with Crippen LogP contribution >= 0.6 is 56.5 Å². The summed E-state index contributed by atoms with van der Waals surface area (Å²) in [5.74, 6) is 2.10. The lowest BCUT2D eigenvalue weighted by molar-refractivity contribution is 0.354. The molecule has 0 fully saturated rings. The average Bonchev–Trinajstić information content (AvgIpc) is 3.29. The molecule has 0 amide bonds. The summed E-state index contributed by atoms with van der Waals surface area (Å²) < 4.78 is 21.4. The Hall–Kier alpha value is -2.90. The van der Waals surface area contributed by atoms with Gasteiger partial charge in [-0.25, -0.2) is 4.99 Å². The van der Waals surface area contributed by atoms with Crippen LogP contribution in [0.2, 0.25) is 0 Å². The number of aryl methyl sites for hydroxylation is 1. The number of halogens is 2. The first-order chi connectivity index (χ1) is 19.9. The Morgan fingerprint density at radius 3 is 2.54 bits per heavy atom. The van der Waals surface area contributed by atoms with Crippen LogP contribution in [-0.4, -0.2) is 25.4 Å². The summed E-state index contributed by atoms with van der Waals surface area (Å²) in [5, 5.41) is 0. The highest BCUT2D eigenvalue weighted by atomic mass is 127. The second kappa shape index (κ2) is 11.8. The van der Waals surface area contributed by atoms with Gasteiger partial charge in [-0.1, -0.05) is 54.3 Å². The lowest BCUT2D eigenvalue weighted by Crippen LogP contribution is -2.38. The molecule has 0 saturated carbocycles. The number of aromatic nitrogens is 1. The molecule has 0 radical (unpaired) electrons. The molecule has 0 bridgehead atoms. The molecule has 1 unspecified atom stereocenters. The maximum atomic E-state index is 14.1. The van der Waals surface area contributed by atoms with Gasteiger partial charge in [0.05, 0.1) is 37.6 Å². The molecule has 4 aromatic rings. The van der Waals surface area contributed by atoms with Gasteiger partial charge >= 0.3 is 0 Å². The molecular formula is C32H26I2N2O4S. The van der Waals surface area contributed by atoms with E-state index in [1.807, 2.05) is 41.0 Å². The molecule has 0 saturated heterocycles. The van der Waals surface area contributed by atoms with E-state index in [1.165, 1.54) is 16.9 Å². The minimum atomic E-state index is -0.300. The van der Waals surface area contributed by atoms with Crippen molar-refractivity contribution in [2.45, 2.75) is 18.9 Å². The highest BCUT2D eigenvalue weighted by Gasteiger charge is 2.33. The number of allylic oxidation sites excluding steroid dienone is 1. The van der Waals surface area contributed by atoms with Crippen LogP contribution in [0.1, 0.15) is 34.7 Å². The van der Waals surface area contributed by atoms with Crippen LogP contribution in [0.15, 0.2) is 82.6 Å². The monoisotopic (exact) mass is 788 g/mol. The first-order valence-corrected chi connectivity index (χ1v) is 16.0. The smallest absolute Gasteiger partial charge is 0.271 e. The van der Waals surface area contributed by atoms with Crippen LogP contribution in [0.3, 0.4) is 0 Å². The van der Waals surface area contributed by atoms with E-state index in [2.05, 4.69) is 76.0 Å². The van der Waals surface area contributed by atoms with Gasteiger partial charge in [0.1, 0.15) is 12.4 Å². The Morgan fingerprint density at radius 1 is 1.05 bits per heavy atom. The van der Waals surface area contributed by atoms with Gasteiger partial charge in [0.2, 0.25) is 0 Å². The minimum absolute atomic E-state index is 0.0593. The molecule has 2 heterocycles. The molecule has 41 heavy (non-hydrogen) atoms. The van der Waals surface area contributed by atoms with E-state index in [9.17, 15) is 4.79 Å². The summed E-state index contributed by atoms with van der Waals surface area (Å²) in [6.45, 7) is 4.18. The number of fused-ring (bicyclic) bond motifs is 3. The molecule has 1 aliphatic carbocycles. The Balaban J connectivity index is 1.56. The third kappa shape index (κ3) is 5.16. The van der Waals surface area contributed by atoms with Crippen molar-refractivity contribution < 1.29 is 14.2 Å². The third-order valence-electron chi connectivity index (χ3n) is 7.26. The maximum Gasteiger partial charge on any atom is 0.271 e. The molecule has 2 aliphatic rings. The average molecular weight is 788 g/mol. The Labute approximate surface area is 269 Å². The number of nitrogens with zero attached hydrogens (tertiary/aromatic N) is 2. The van der Waals surface area contributed by atoms with Gasteiger partial charge in [0.15, 0.2) is 16.3 Å². The van der Waals surface area contributed by atoms with Crippen molar-refractivity contribution in [2.24, 2.45) is 4.99 Å². The van der Waals surface area contributed by atoms with Crippen LogP contribution in [0.4, 0.5) is 0 Å². The molecule has 9 heteroatoms. The second-order valence-electron chi connectivity index (χ2n) is 9.64. The van der Waals surface area contributed by atoms with E-state index in [1.54, 1.807) is 20.3 Å². The van der Waals surface area contributed by atoms with Crippen molar-refractivity contribution >= 4 is 68.3 Å².